The molecule has 2 aromatic carbocycles. The van der Waals surface area contributed by atoms with E-state index in [1.165, 1.54) is 23.9 Å². The van der Waals surface area contributed by atoms with Crippen LogP contribution in [-0.4, -0.2) is 16.6 Å². The first-order valence-corrected chi connectivity index (χ1v) is 8.37. The van der Waals surface area contributed by atoms with Crippen molar-refractivity contribution < 1.29 is 9.72 Å². The Morgan fingerprint density at radius 3 is 2.43 bits per heavy atom. The summed E-state index contributed by atoms with van der Waals surface area (Å²) in [5.74, 6) is 0.979. The van der Waals surface area contributed by atoms with Crippen molar-refractivity contribution in [3.8, 4) is 0 Å². The third-order valence-electron chi connectivity index (χ3n) is 3.33. The second-order valence-corrected chi connectivity index (χ2v) is 6.10. The van der Waals surface area contributed by atoms with Crippen LogP contribution in [0.25, 0.3) is 0 Å². The molecule has 0 aromatic heterocycles. The lowest BCUT2D eigenvalue weighted by atomic mass is 10.1. The zero-order chi connectivity index (χ0) is 16.7. The highest BCUT2D eigenvalue weighted by atomic mass is 32.2. The Kier molecular flexibility index (Phi) is 6.17. The number of rotatable bonds is 7. The molecule has 1 N–H and O–H groups in total. The van der Waals surface area contributed by atoms with Crippen LogP contribution in [0.5, 0.6) is 0 Å². The van der Waals surface area contributed by atoms with Gasteiger partial charge in [-0.05, 0) is 18.1 Å². The number of nitro benzene ring substituents is 1. The first-order valence-electron chi connectivity index (χ1n) is 7.21. The van der Waals surface area contributed by atoms with Crippen molar-refractivity contribution in [2.24, 2.45) is 0 Å². The minimum atomic E-state index is -0.421. The predicted molar refractivity (Wildman–Crippen MR) is 92.3 cm³/mol. The van der Waals surface area contributed by atoms with E-state index in [0.29, 0.717) is 11.5 Å². The summed E-state index contributed by atoms with van der Waals surface area (Å²) >= 11 is 1.48. The van der Waals surface area contributed by atoms with Gasteiger partial charge < -0.3 is 5.32 Å². The maximum atomic E-state index is 11.9. The summed E-state index contributed by atoms with van der Waals surface area (Å²) in [5.41, 5.74) is 2.11. The number of hydrogen-bond acceptors (Lipinski definition) is 4. The number of benzene rings is 2. The largest absolute Gasteiger partial charge is 0.349 e. The zero-order valence-corrected chi connectivity index (χ0v) is 13.6. The molecule has 0 bridgehead atoms. The van der Waals surface area contributed by atoms with Crippen molar-refractivity contribution in [1.29, 1.82) is 0 Å². The van der Waals surface area contributed by atoms with Gasteiger partial charge in [-0.15, -0.1) is 11.8 Å². The molecule has 23 heavy (non-hydrogen) atoms. The summed E-state index contributed by atoms with van der Waals surface area (Å²) in [6.45, 7) is 1.95. The molecule has 5 nitrogen and oxygen atoms in total. The second-order valence-electron chi connectivity index (χ2n) is 5.12. The Hall–Kier alpha value is -2.34. The van der Waals surface area contributed by atoms with Crippen LogP contribution in [0.3, 0.4) is 0 Å². The molecule has 0 unspecified atom stereocenters. The predicted octanol–water partition coefficient (Wildman–Crippen LogP) is 3.71. The van der Waals surface area contributed by atoms with Crippen LogP contribution in [0.15, 0.2) is 54.6 Å². The number of non-ortho nitro benzene ring substituents is 1. The van der Waals surface area contributed by atoms with Gasteiger partial charge in [-0.1, -0.05) is 42.5 Å². The van der Waals surface area contributed by atoms with E-state index >= 15 is 0 Å². The number of amides is 1. The highest BCUT2D eigenvalue weighted by Gasteiger charge is 2.09. The fourth-order valence-electron chi connectivity index (χ4n) is 2.08. The average molecular weight is 330 g/mol. The van der Waals surface area contributed by atoms with Gasteiger partial charge in [0.05, 0.1) is 16.7 Å². The van der Waals surface area contributed by atoms with Gasteiger partial charge in [0.2, 0.25) is 5.91 Å². The van der Waals surface area contributed by atoms with Crippen molar-refractivity contribution in [2.45, 2.75) is 18.7 Å². The Morgan fingerprint density at radius 1 is 1.17 bits per heavy atom. The zero-order valence-electron chi connectivity index (χ0n) is 12.8. The molecule has 0 spiro atoms. The lowest BCUT2D eigenvalue weighted by molar-refractivity contribution is -0.384. The number of carbonyl (C=O) groups is 1. The highest BCUT2D eigenvalue weighted by Crippen LogP contribution is 2.17. The molecular formula is C17H18N2O3S. The van der Waals surface area contributed by atoms with E-state index in [1.807, 2.05) is 37.3 Å². The first kappa shape index (κ1) is 17.0. The molecular weight excluding hydrogens is 312 g/mol. The monoisotopic (exact) mass is 330 g/mol. The normalized spacial score (nSPS) is 11.7. The molecule has 0 fully saturated rings. The van der Waals surface area contributed by atoms with Gasteiger partial charge in [0.15, 0.2) is 0 Å². The lowest BCUT2D eigenvalue weighted by Crippen LogP contribution is -2.28. The van der Waals surface area contributed by atoms with Gasteiger partial charge in [-0.3, -0.25) is 14.9 Å². The summed E-state index contributed by atoms with van der Waals surface area (Å²) in [7, 11) is 0. The van der Waals surface area contributed by atoms with Crippen LogP contribution in [0, 0.1) is 10.1 Å². The fraction of sp³-hybridized carbons (Fsp3) is 0.235. The minimum Gasteiger partial charge on any atom is -0.349 e. The van der Waals surface area contributed by atoms with E-state index in [0.717, 1.165) is 11.1 Å². The Morgan fingerprint density at radius 2 is 1.83 bits per heavy atom. The van der Waals surface area contributed by atoms with Crippen LogP contribution >= 0.6 is 11.8 Å². The number of nitrogens with zero attached hydrogens (tertiary/aromatic N) is 1. The van der Waals surface area contributed by atoms with Crippen molar-refractivity contribution in [1.82, 2.24) is 5.32 Å². The van der Waals surface area contributed by atoms with E-state index in [9.17, 15) is 14.9 Å². The maximum Gasteiger partial charge on any atom is 0.269 e. The van der Waals surface area contributed by atoms with Crippen LogP contribution in [0.1, 0.15) is 24.1 Å². The molecule has 0 saturated heterocycles. The lowest BCUT2D eigenvalue weighted by Gasteiger charge is -2.14. The van der Waals surface area contributed by atoms with Crippen molar-refractivity contribution in [3.63, 3.8) is 0 Å². The minimum absolute atomic E-state index is 0.0201. The molecule has 2 aromatic rings. The van der Waals surface area contributed by atoms with Crippen LogP contribution < -0.4 is 5.32 Å². The summed E-state index contributed by atoms with van der Waals surface area (Å²) in [6.07, 6.45) is 0. The van der Waals surface area contributed by atoms with E-state index in [2.05, 4.69) is 5.32 Å². The third kappa shape index (κ3) is 5.41. The van der Waals surface area contributed by atoms with E-state index in [4.69, 9.17) is 0 Å². The summed E-state index contributed by atoms with van der Waals surface area (Å²) in [4.78, 5) is 22.1. The average Bonchev–Trinajstić information content (AvgIpc) is 2.56. The molecule has 0 heterocycles. The number of hydrogen-bond donors (Lipinski definition) is 1. The number of nitrogens with one attached hydrogen (secondary N) is 1. The van der Waals surface area contributed by atoms with Gasteiger partial charge in [0.25, 0.3) is 5.69 Å². The molecule has 0 saturated carbocycles. The standard InChI is InChI=1S/C17H18N2O3S/c1-13(15-5-3-2-4-6-15)18-17(20)12-23-11-14-7-9-16(10-8-14)19(21)22/h2-10,13H,11-12H2,1H3,(H,18,20)/t13-/m1/s1. The third-order valence-corrected chi connectivity index (χ3v) is 4.33. The first-order chi connectivity index (χ1) is 11.1. The molecule has 0 aliphatic carbocycles. The number of thioether (sulfide) groups is 1. The van der Waals surface area contributed by atoms with Gasteiger partial charge in [0.1, 0.15) is 0 Å². The number of carbonyl (C=O) groups excluding carboxylic acids is 1. The number of nitro groups is 1. The van der Waals surface area contributed by atoms with Crippen LogP contribution in [0.2, 0.25) is 0 Å². The molecule has 0 aliphatic heterocycles. The maximum absolute atomic E-state index is 11.9. The quantitative estimate of drug-likeness (QED) is 0.620. The summed E-state index contributed by atoms with van der Waals surface area (Å²) in [6, 6.07) is 16.2. The SMILES string of the molecule is C[C@@H](NC(=O)CSCc1ccc([N+](=O)[O-])cc1)c1ccccc1. The Labute approximate surface area is 139 Å². The van der Waals surface area contributed by atoms with E-state index in [-0.39, 0.29) is 17.6 Å². The molecule has 0 radical (unpaired) electrons. The molecule has 6 heteroatoms. The van der Waals surface area contributed by atoms with Crippen molar-refractivity contribution in [3.05, 3.63) is 75.8 Å². The van der Waals surface area contributed by atoms with Crippen LogP contribution in [-0.2, 0) is 10.5 Å². The molecule has 0 aliphatic rings. The van der Waals surface area contributed by atoms with Gasteiger partial charge in [0, 0.05) is 17.9 Å². The molecule has 1 atom stereocenters. The topological polar surface area (TPSA) is 72.2 Å². The Bertz CT molecular complexity index is 659. The van der Waals surface area contributed by atoms with Crippen LogP contribution in [0.4, 0.5) is 5.69 Å². The fourth-order valence-corrected chi connectivity index (χ4v) is 2.88. The highest BCUT2D eigenvalue weighted by molar-refractivity contribution is 7.99. The van der Waals surface area contributed by atoms with Gasteiger partial charge in [-0.2, -0.15) is 0 Å². The molecule has 2 rings (SSSR count). The molecule has 1 amide bonds. The Balaban J connectivity index is 1.75. The second kappa shape index (κ2) is 8.33. The van der Waals surface area contributed by atoms with Gasteiger partial charge >= 0.3 is 0 Å². The van der Waals surface area contributed by atoms with Crippen molar-refractivity contribution in [2.75, 3.05) is 5.75 Å². The van der Waals surface area contributed by atoms with Crippen molar-refractivity contribution >= 4 is 23.4 Å². The van der Waals surface area contributed by atoms with E-state index < -0.39 is 4.92 Å². The smallest absolute Gasteiger partial charge is 0.269 e. The molecule has 120 valence electrons. The van der Waals surface area contributed by atoms with Gasteiger partial charge in [-0.25, -0.2) is 0 Å². The summed E-state index contributed by atoms with van der Waals surface area (Å²) in [5, 5.41) is 13.5. The summed E-state index contributed by atoms with van der Waals surface area (Å²) < 4.78 is 0. The van der Waals surface area contributed by atoms with E-state index in [1.54, 1.807) is 12.1 Å².